The number of para-hydroxylation sites is 1. The molecule has 0 spiro atoms. The van der Waals surface area contributed by atoms with Crippen LogP contribution in [-0.2, 0) is 11.2 Å². The van der Waals surface area contributed by atoms with Crippen LogP contribution in [0, 0.1) is 21.4 Å². The largest absolute Gasteiger partial charge is 0.496 e. The van der Waals surface area contributed by atoms with E-state index in [4.69, 9.17) is 9.47 Å². The first-order chi connectivity index (χ1) is 15.0. The fourth-order valence-corrected chi connectivity index (χ4v) is 3.21. The Kier molecular flexibility index (Phi) is 6.52. The first-order valence-corrected chi connectivity index (χ1v) is 9.34. The number of hydrogen-bond donors (Lipinski definition) is 2. The number of ether oxygens (including phenoxy) is 2. The van der Waals surface area contributed by atoms with Gasteiger partial charge in [-0.2, -0.15) is 5.26 Å². The Hall–Kier alpha value is -4.32. The van der Waals surface area contributed by atoms with Crippen molar-refractivity contribution in [1.29, 1.82) is 5.26 Å². The maximum absolute atomic E-state index is 12.5. The van der Waals surface area contributed by atoms with Gasteiger partial charge in [-0.3, -0.25) is 14.9 Å². The molecule has 3 aromatic rings. The van der Waals surface area contributed by atoms with Crippen molar-refractivity contribution in [1.82, 2.24) is 10.3 Å². The van der Waals surface area contributed by atoms with E-state index < -0.39 is 10.8 Å². The van der Waals surface area contributed by atoms with Gasteiger partial charge in [-0.15, -0.1) is 0 Å². The number of rotatable bonds is 8. The van der Waals surface area contributed by atoms with E-state index in [1.165, 1.54) is 32.4 Å². The van der Waals surface area contributed by atoms with Crippen LogP contribution in [-0.4, -0.2) is 36.6 Å². The summed E-state index contributed by atoms with van der Waals surface area (Å²) >= 11 is 0. The van der Waals surface area contributed by atoms with Gasteiger partial charge in [0.05, 0.1) is 19.1 Å². The third-order valence-corrected chi connectivity index (χ3v) is 4.75. The summed E-state index contributed by atoms with van der Waals surface area (Å²) in [6.45, 7) is 0.319. The molecule has 2 N–H and O–H groups in total. The second-order valence-electron chi connectivity index (χ2n) is 6.56. The maximum Gasteiger partial charge on any atom is 0.311 e. The van der Waals surface area contributed by atoms with Gasteiger partial charge in [0.15, 0.2) is 0 Å². The predicted octanol–water partition coefficient (Wildman–Crippen LogP) is 3.36. The molecule has 0 aliphatic carbocycles. The zero-order valence-corrected chi connectivity index (χ0v) is 17.0. The Labute approximate surface area is 178 Å². The van der Waals surface area contributed by atoms with Crippen LogP contribution in [0.3, 0.4) is 0 Å². The topological polar surface area (TPSA) is 130 Å². The Morgan fingerprint density at radius 2 is 2.00 bits per heavy atom. The van der Waals surface area contributed by atoms with E-state index in [1.807, 2.05) is 36.5 Å². The number of carbonyl (C=O) groups excluding carboxylic acids is 1. The lowest BCUT2D eigenvalue weighted by Crippen LogP contribution is -2.26. The molecule has 1 heterocycles. The van der Waals surface area contributed by atoms with Gasteiger partial charge in [0.2, 0.25) is 5.75 Å². The average molecular weight is 420 g/mol. The molecule has 0 radical (unpaired) electrons. The van der Waals surface area contributed by atoms with Crippen molar-refractivity contribution in [2.75, 3.05) is 20.8 Å². The summed E-state index contributed by atoms with van der Waals surface area (Å²) in [6.07, 6.45) is 3.72. The fraction of sp³-hybridized carbons (Fsp3) is 0.182. The van der Waals surface area contributed by atoms with Gasteiger partial charge in [0, 0.05) is 41.3 Å². The molecule has 0 saturated heterocycles. The number of nitrogens with one attached hydrogen (secondary N) is 2. The van der Waals surface area contributed by atoms with E-state index in [-0.39, 0.29) is 28.3 Å². The SMILES string of the molecule is COc1cc(OC)c([N+](=O)[O-])cc1/C=C(/C#N)C(=O)NCCc1c[nH]c2ccccc12. The third kappa shape index (κ3) is 4.64. The van der Waals surface area contributed by atoms with E-state index >= 15 is 0 Å². The van der Waals surface area contributed by atoms with E-state index in [0.29, 0.717) is 13.0 Å². The molecule has 158 valence electrons. The predicted molar refractivity (Wildman–Crippen MR) is 115 cm³/mol. The van der Waals surface area contributed by atoms with Crippen molar-refractivity contribution in [3.05, 3.63) is 69.4 Å². The molecule has 0 aliphatic rings. The van der Waals surface area contributed by atoms with Gasteiger partial charge >= 0.3 is 5.69 Å². The van der Waals surface area contributed by atoms with E-state index in [1.54, 1.807) is 0 Å². The summed E-state index contributed by atoms with van der Waals surface area (Å²) in [5.41, 5.74) is 1.78. The molecule has 0 bridgehead atoms. The van der Waals surface area contributed by atoms with Crippen molar-refractivity contribution in [3.8, 4) is 17.6 Å². The number of aromatic nitrogens is 1. The Morgan fingerprint density at radius 1 is 1.26 bits per heavy atom. The van der Waals surface area contributed by atoms with E-state index in [9.17, 15) is 20.2 Å². The number of methoxy groups -OCH3 is 2. The number of aromatic amines is 1. The lowest BCUT2D eigenvalue weighted by Gasteiger charge is -2.09. The van der Waals surface area contributed by atoms with Crippen LogP contribution < -0.4 is 14.8 Å². The normalized spacial score (nSPS) is 11.1. The van der Waals surface area contributed by atoms with E-state index in [0.717, 1.165) is 16.5 Å². The van der Waals surface area contributed by atoms with Crippen LogP contribution >= 0.6 is 0 Å². The molecule has 9 nitrogen and oxygen atoms in total. The van der Waals surface area contributed by atoms with Crippen LogP contribution in [0.1, 0.15) is 11.1 Å². The molecular formula is C22H20N4O5. The molecule has 0 atom stereocenters. The molecule has 0 aliphatic heterocycles. The maximum atomic E-state index is 12.5. The average Bonchev–Trinajstić information content (AvgIpc) is 3.19. The quantitative estimate of drug-likeness (QED) is 0.249. The van der Waals surface area contributed by atoms with Gasteiger partial charge in [-0.05, 0) is 24.1 Å². The number of benzene rings is 2. The molecule has 0 unspecified atom stereocenters. The smallest absolute Gasteiger partial charge is 0.311 e. The first-order valence-electron chi connectivity index (χ1n) is 9.34. The third-order valence-electron chi connectivity index (χ3n) is 4.75. The van der Waals surface area contributed by atoms with Gasteiger partial charge < -0.3 is 19.8 Å². The minimum Gasteiger partial charge on any atom is -0.496 e. The standard InChI is InChI=1S/C22H20N4O5/c1-30-20-11-21(31-2)19(26(28)29)10-15(20)9-16(12-23)22(27)24-8-7-14-13-25-18-6-4-3-5-17(14)18/h3-6,9-11,13,25H,7-8H2,1-2H3,(H,24,27)/b16-9-. The number of carbonyl (C=O) groups is 1. The van der Waals surface area contributed by atoms with Gasteiger partial charge in [-0.1, -0.05) is 18.2 Å². The lowest BCUT2D eigenvalue weighted by atomic mass is 10.1. The molecule has 0 fully saturated rings. The lowest BCUT2D eigenvalue weighted by molar-refractivity contribution is -0.385. The van der Waals surface area contributed by atoms with Crippen LogP contribution in [0.25, 0.3) is 17.0 Å². The molecule has 9 heteroatoms. The molecule has 31 heavy (non-hydrogen) atoms. The highest BCUT2D eigenvalue weighted by Gasteiger charge is 2.20. The summed E-state index contributed by atoms with van der Waals surface area (Å²) in [5.74, 6) is -0.328. The van der Waals surface area contributed by atoms with Crippen LogP contribution in [0.5, 0.6) is 11.5 Å². The van der Waals surface area contributed by atoms with Crippen molar-refractivity contribution in [2.24, 2.45) is 0 Å². The minimum absolute atomic E-state index is 0.0145. The molecule has 1 amide bonds. The highest BCUT2D eigenvalue weighted by molar-refractivity contribution is 6.02. The van der Waals surface area contributed by atoms with Crippen LogP contribution in [0.15, 0.2) is 48.2 Å². The first kappa shape index (κ1) is 21.4. The highest BCUT2D eigenvalue weighted by Crippen LogP contribution is 2.35. The number of nitrogens with zero attached hydrogens (tertiary/aromatic N) is 2. The molecular weight excluding hydrogens is 400 g/mol. The highest BCUT2D eigenvalue weighted by atomic mass is 16.6. The van der Waals surface area contributed by atoms with Crippen molar-refractivity contribution in [3.63, 3.8) is 0 Å². The number of nitro groups is 1. The summed E-state index contributed by atoms with van der Waals surface area (Å²) < 4.78 is 10.2. The van der Waals surface area contributed by atoms with Crippen molar-refractivity contribution < 1.29 is 19.2 Å². The van der Waals surface area contributed by atoms with Crippen LogP contribution in [0.4, 0.5) is 5.69 Å². The number of nitriles is 1. The van der Waals surface area contributed by atoms with Gasteiger partial charge in [-0.25, -0.2) is 0 Å². The summed E-state index contributed by atoms with van der Waals surface area (Å²) in [5, 5.41) is 24.5. The minimum atomic E-state index is -0.608. The van der Waals surface area contributed by atoms with E-state index in [2.05, 4.69) is 10.3 Å². The summed E-state index contributed by atoms with van der Waals surface area (Å²) in [4.78, 5) is 26.4. The molecule has 2 aromatic carbocycles. The molecule has 3 rings (SSSR count). The summed E-state index contributed by atoms with van der Waals surface area (Å²) in [6, 6.07) is 12.2. The Balaban J connectivity index is 1.78. The van der Waals surface area contributed by atoms with Crippen LogP contribution in [0.2, 0.25) is 0 Å². The van der Waals surface area contributed by atoms with Crippen molar-refractivity contribution in [2.45, 2.75) is 6.42 Å². The zero-order valence-electron chi connectivity index (χ0n) is 17.0. The zero-order chi connectivity index (χ0) is 22.4. The Bertz CT molecular complexity index is 1210. The number of fused-ring (bicyclic) bond motifs is 1. The number of amides is 1. The summed E-state index contributed by atoms with van der Waals surface area (Å²) in [7, 11) is 2.68. The van der Waals surface area contributed by atoms with Crippen molar-refractivity contribution >= 4 is 28.6 Å². The number of nitro benzene ring substituents is 1. The fourth-order valence-electron chi connectivity index (χ4n) is 3.21. The Morgan fingerprint density at radius 3 is 2.68 bits per heavy atom. The van der Waals surface area contributed by atoms with Gasteiger partial charge in [0.25, 0.3) is 5.91 Å². The second kappa shape index (κ2) is 9.45. The number of H-pyrrole nitrogens is 1. The monoisotopic (exact) mass is 420 g/mol. The number of hydrogen-bond acceptors (Lipinski definition) is 6. The molecule has 0 saturated carbocycles. The second-order valence-corrected chi connectivity index (χ2v) is 6.56. The molecule has 1 aromatic heterocycles. The van der Waals surface area contributed by atoms with Gasteiger partial charge in [0.1, 0.15) is 17.4 Å².